The molecule has 0 aliphatic carbocycles. The van der Waals surface area contributed by atoms with Crippen LogP contribution in [0.1, 0.15) is 0 Å². The Morgan fingerprint density at radius 1 is 1.00 bits per heavy atom. The van der Waals surface area contributed by atoms with Crippen LogP contribution in [0.5, 0.6) is 0 Å². The van der Waals surface area contributed by atoms with Gasteiger partial charge in [0.1, 0.15) is 0 Å². The van der Waals surface area contributed by atoms with Crippen LogP contribution in [0.25, 0.3) is 0 Å². The zero-order valence-corrected chi connectivity index (χ0v) is 4.33. The molecule has 0 heterocycles. The summed E-state index contributed by atoms with van der Waals surface area (Å²) < 4.78 is 14.5. The van der Waals surface area contributed by atoms with E-state index < -0.39 is 15.0 Å². The molecule has 0 spiro atoms. The van der Waals surface area contributed by atoms with Crippen molar-refractivity contribution in [3.8, 4) is 0 Å². The monoisotopic (exact) mass is 122 g/mol. The van der Waals surface area contributed by atoms with Gasteiger partial charge in [0.25, 0.3) is 0 Å². The zero-order valence-electron chi connectivity index (χ0n) is 2.23. The van der Waals surface area contributed by atoms with Gasteiger partial charge >= 0.3 is 29.1 Å². The van der Waals surface area contributed by atoms with Crippen molar-refractivity contribution < 1.29 is 0 Å². The summed E-state index contributed by atoms with van der Waals surface area (Å²) in [5, 5.41) is 0. The summed E-state index contributed by atoms with van der Waals surface area (Å²) in [5.74, 6) is 0. The van der Waals surface area contributed by atoms with Crippen LogP contribution in [0.15, 0.2) is 0 Å². The van der Waals surface area contributed by atoms with Crippen molar-refractivity contribution in [1.82, 2.24) is 0 Å². The molecule has 3 nitrogen and oxygen atoms in total. The number of hydrogen-bond donors (Lipinski definition) is 3. The van der Waals surface area contributed by atoms with Crippen LogP contribution in [0.3, 0.4) is 0 Å². The molecule has 0 aliphatic rings. The zero-order chi connectivity index (χ0) is 3.58. The number of hydrogen-bond acceptors (Lipinski definition) is 3. The van der Waals surface area contributed by atoms with Crippen molar-refractivity contribution in [2.75, 3.05) is 0 Å². The Kier molecular flexibility index (Phi) is 1.90. The van der Waals surface area contributed by atoms with Crippen LogP contribution < -0.4 is 14.1 Å². The summed E-state index contributed by atoms with van der Waals surface area (Å²) >= 11 is -1.83. The van der Waals surface area contributed by atoms with Crippen molar-refractivity contribution in [3.63, 3.8) is 0 Å². The van der Waals surface area contributed by atoms with Gasteiger partial charge in [-0.15, -0.1) is 0 Å². The molecule has 0 saturated carbocycles. The van der Waals surface area contributed by atoms with E-state index in [1.54, 1.807) is 0 Å². The average molecular weight is 121 g/mol. The first-order valence-electron chi connectivity index (χ1n) is 0.866. The molecule has 0 aromatic carbocycles. The molecule has 0 fully saturated rings. The van der Waals surface area contributed by atoms with Crippen molar-refractivity contribution in [2.45, 2.75) is 0 Å². The Balaban J connectivity index is 2.32. The van der Waals surface area contributed by atoms with Gasteiger partial charge in [-0.2, -0.15) is 0 Å². The Hall–Kier alpha value is 0.423. The summed E-state index contributed by atoms with van der Waals surface area (Å²) in [7, 11) is 0. The minimum absolute atomic E-state index is 1.83. The molecule has 0 aliphatic heterocycles. The second kappa shape index (κ2) is 1.72. The topological polar surface area (TPSA) is 78.1 Å². The fourth-order valence-electron chi connectivity index (χ4n) is 0. The van der Waals surface area contributed by atoms with E-state index in [-0.39, 0.29) is 0 Å². The van der Waals surface area contributed by atoms with Gasteiger partial charge in [0.15, 0.2) is 0 Å². The molecule has 4 heavy (non-hydrogen) atoms. The van der Waals surface area contributed by atoms with Gasteiger partial charge in [-0.3, -0.25) is 0 Å². The fraction of sp³-hybridized carbons (Fsp3) is 0. The first kappa shape index (κ1) is 4.42. The molecule has 1 radical (unpaired) electrons. The first-order chi connectivity index (χ1) is 1.73. The van der Waals surface area contributed by atoms with Crippen LogP contribution in [0.4, 0.5) is 0 Å². The molecule has 0 atom stereocenters. The van der Waals surface area contributed by atoms with E-state index in [1.165, 1.54) is 0 Å². The second-order valence-electron chi connectivity index (χ2n) is 0.500. The van der Waals surface area contributed by atoms with Gasteiger partial charge < -0.3 is 0 Å². The molecule has 25 valence electrons. The normalized spacial score (nSPS) is 9.00. The Bertz CT molecular complexity index is 8.00. The molecule has 6 N–H and O–H groups in total. The van der Waals surface area contributed by atoms with E-state index in [0.717, 1.165) is 0 Å². The van der Waals surface area contributed by atoms with Gasteiger partial charge in [0.05, 0.1) is 0 Å². The predicted molar refractivity (Wildman–Crippen MR) is 18.3 cm³/mol. The maximum atomic E-state index is 4.83. The Morgan fingerprint density at radius 2 is 1.00 bits per heavy atom. The van der Waals surface area contributed by atoms with Crippen LogP contribution in [-0.2, 0) is 0 Å². The third-order valence-electron chi connectivity index (χ3n) is 0. The summed E-state index contributed by atoms with van der Waals surface area (Å²) in [6, 6.07) is 0. The van der Waals surface area contributed by atoms with Crippen molar-refractivity contribution >= 4 is 15.0 Å². The summed E-state index contributed by atoms with van der Waals surface area (Å²) in [6.07, 6.45) is 0. The molecule has 0 aromatic rings. The van der Waals surface area contributed by atoms with E-state index in [9.17, 15) is 0 Å². The van der Waals surface area contributed by atoms with Crippen LogP contribution in [0, 0.1) is 0 Å². The molecule has 4 heteroatoms. The van der Waals surface area contributed by atoms with E-state index in [1.807, 2.05) is 0 Å². The number of nitrogens with two attached hydrogens (primary N) is 3. The standard InChI is InChI=1S/GeH6N3/c2-1(3)4/h2-4H2. The molecule has 0 aromatic heterocycles. The van der Waals surface area contributed by atoms with E-state index in [0.29, 0.717) is 0 Å². The molecule has 0 amide bonds. The van der Waals surface area contributed by atoms with Crippen molar-refractivity contribution in [3.05, 3.63) is 0 Å². The van der Waals surface area contributed by atoms with Crippen molar-refractivity contribution in [2.24, 2.45) is 14.1 Å². The van der Waals surface area contributed by atoms with Crippen LogP contribution in [0.2, 0.25) is 0 Å². The fourth-order valence-corrected chi connectivity index (χ4v) is 0. The SMILES string of the molecule is [NH2][Ge]([NH2])[NH2]. The van der Waals surface area contributed by atoms with Gasteiger partial charge in [0, 0.05) is 0 Å². The van der Waals surface area contributed by atoms with Gasteiger partial charge in [-0.1, -0.05) is 0 Å². The molecular formula is H6GeN3. The van der Waals surface area contributed by atoms with Crippen molar-refractivity contribution in [1.29, 1.82) is 0 Å². The van der Waals surface area contributed by atoms with E-state index in [2.05, 4.69) is 0 Å². The van der Waals surface area contributed by atoms with Gasteiger partial charge in [-0.25, -0.2) is 0 Å². The van der Waals surface area contributed by atoms with Gasteiger partial charge in [-0.05, 0) is 0 Å². The van der Waals surface area contributed by atoms with Crippen LogP contribution in [-0.4, -0.2) is 15.0 Å². The Labute approximate surface area is 29.9 Å². The molecule has 0 bridgehead atoms. The van der Waals surface area contributed by atoms with Gasteiger partial charge in [0.2, 0.25) is 0 Å². The minimum atomic E-state index is -1.83. The first-order valence-corrected chi connectivity index (χ1v) is 4.50. The van der Waals surface area contributed by atoms with E-state index >= 15 is 0 Å². The predicted octanol–water partition coefficient (Wildman–Crippen LogP) is -2.15. The third kappa shape index (κ3) is 27.4. The molecule has 0 rings (SSSR count). The third-order valence-corrected chi connectivity index (χ3v) is 0. The quantitative estimate of drug-likeness (QED) is 0.319. The summed E-state index contributed by atoms with van der Waals surface area (Å²) in [5.41, 5.74) is 0. The average Bonchev–Trinajstić information content (AvgIpc) is 0.811. The summed E-state index contributed by atoms with van der Waals surface area (Å²) in [6.45, 7) is 0. The van der Waals surface area contributed by atoms with E-state index in [4.69, 9.17) is 14.1 Å². The van der Waals surface area contributed by atoms with Crippen LogP contribution >= 0.6 is 0 Å². The molecule has 0 unspecified atom stereocenters. The molecular weight excluding hydrogens is 115 g/mol. The second-order valence-corrected chi connectivity index (χ2v) is 2.60. The maximum absolute atomic E-state index is 4.83. The molecule has 0 saturated heterocycles. The summed E-state index contributed by atoms with van der Waals surface area (Å²) in [4.78, 5) is 0. The number of rotatable bonds is 0. The Morgan fingerprint density at radius 3 is 1.00 bits per heavy atom.